The smallest absolute Gasteiger partial charge is 0.119 e. The highest BCUT2D eigenvalue weighted by atomic mass is 32.1. The van der Waals surface area contributed by atoms with Crippen LogP contribution in [0.5, 0.6) is 5.75 Å². The van der Waals surface area contributed by atoms with Crippen LogP contribution in [0, 0.1) is 0 Å². The van der Waals surface area contributed by atoms with E-state index >= 15 is 0 Å². The van der Waals surface area contributed by atoms with Crippen LogP contribution in [-0.2, 0) is 6.54 Å². The Morgan fingerprint density at radius 1 is 1.29 bits per heavy atom. The van der Waals surface area contributed by atoms with Crippen LogP contribution >= 0.6 is 11.3 Å². The number of thiazole rings is 1. The standard InChI is InChI=1S/C13H16N2OS/c1-2-7-16-11-5-3-10(4-6-11)12-9-17-13(8-14)15-12/h3-6,9H,2,7-8,14H2,1H3. The molecule has 4 heteroatoms. The van der Waals surface area contributed by atoms with Gasteiger partial charge in [-0.25, -0.2) is 4.98 Å². The molecule has 90 valence electrons. The number of hydrogen-bond acceptors (Lipinski definition) is 4. The molecule has 0 aliphatic heterocycles. The number of rotatable bonds is 5. The monoisotopic (exact) mass is 248 g/mol. The van der Waals surface area contributed by atoms with Crippen molar-refractivity contribution in [3.63, 3.8) is 0 Å². The first-order valence-electron chi connectivity index (χ1n) is 5.71. The lowest BCUT2D eigenvalue weighted by Gasteiger charge is -2.04. The van der Waals surface area contributed by atoms with E-state index in [1.165, 1.54) is 0 Å². The van der Waals surface area contributed by atoms with Crippen molar-refractivity contribution in [1.82, 2.24) is 4.98 Å². The van der Waals surface area contributed by atoms with E-state index in [1.807, 2.05) is 29.6 Å². The van der Waals surface area contributed by atoms with Gasteiger partial charge in [-0.3, -0.25) is 0 Å². The van der Waals surface area contributed by atoms with Crippen molar-refractivity contribution in [2.75, 3.05) is 6.61 Å². The summed E-state index contributed by atoms with van der Waals surface area (Å²) in [6, 6.07) is 8.01. The quantitative estimate of drug-likeness (QED) is 0.884. The van der Waals surface area contributed by atoms with Crippen LogP contribution in [0.2, 0.25) is 0 Å². The number of benzene rings is 1. The molecule has 0 fully saturated rings. The van der Waals surface area contributed by atoms with Crippen molar-refractivity contribution in [1.29, 1.82) is 0 Å². The van der Waals surface area contributed by atoms with Gasteiger partial charge in [0.1, 0.15) is 10.8 Å². The molecule has 0 atom stereocenters. The van der Waals surface area contributed by atoms with Crippen molar-refractivity contribution in [3.05, 3.63) is 34.7 Å². The fraction of sp³-hybridized carbons (Fsp3) is 0.308. The van der Waals surface area contributed by atoms with E-state index in [4.69, 9.17) is 10.5 Å². The van der Waals surface area contributed by atoms with Gasteiger partial charge in [-0.05, 0) is 30.7 Å². The number of ether oxygens (including phenoxy) is 1. The van der Waals surface area contributed by atoms with Crippen LogP contribution in [0.3, 0.4) is 0 Å². The highest BCUT2D eigenvalue weighted by Crippen LogP contribution is 2.24. The molecule has 0 bridgehead atoms. The highest BCUT2D eigenvalue weighted by molar-refractivity contribution is 7.09. The zero-order valence-electron chi connectivity index (χ0n) is 9.85. The molecule has 2 aromatic rings. The molecule has 0 radical (unpaired) electrons. The van der Waals surface area contributed by atoms with Crippen LogP contribution < -0.4 is 10.5 Å². The minimum Gasteiger partial charge on any atom is -0.494 e. The molecular formula is C13H16N2OS. The lowest BCUT2D eigenvalue weighted by Crippen LogP contribution is -1.95. The molecular weight excluding hydrogens is 232 g/mol. The van der Waals surface area contributed by atoms with Gasteiger partial charge in [0.25, 0.3) is 0 Å². The fourth-order valence-electron chi connectivity index (χ4n) is 1.48. The average molecular weight is 248 g/mol. The third-order valence-corrected chi connectivity index (χ3v) is 3.22. The topological polar surface area (TPSA) is 48.1 Å². The fourth-order valence-corrected chi connectivity index (χ4v) is 2.16. The van der Waals surface area contributed by atoms with Gasteiger partial charge in [0.15, 0.2) is 0 Å². The zero-order chi connectivity index (χ0) is 12.1. The van der Waals surface area contributed by atoms with E-state index in [2.05, 4.69) is 11.9 Å². The van der Waals surface area contributed by atoms with Crippen molar-refractivity contribution >= 4 is 11.3 Å². The van der Waals surface area contributed by atoms with E-state index in [1.54, 1.807) is 11.3 Å². The van der Waals surface area contributed by atoms with Gasteiger partial charge in [-0.1, -0.05) is 6.92 Å². The molecule has 0 aliphatic rings. The molecule has 17 heavy (non-hydrogen) atoms. The predicted octanol–water partition coefficient (Wildman–Crippen LogP) is 3.06. The predicted molar refractivity (Wildman–Crippen MR) is 71.2 cm³/mol. The maximum absolute atomic E-state index is 5.55. The van der Waals surface area contributed by atoms with E-state index in [0.717, 1.165) is 35.0 Å². The number of hydrogen-bond donors (Lipinski definition) is 1. The van der Waals surface area contributed by atoms with Crippen molar-refractivity contribution in [3.8, 4) is 17.0 Å². The third kappa shape index (κ3) is 3.05. The molecule has 0 spiro atoms. The van der Waals surface area contributed by atoms with Crippen molar-refractivity contribution in [2.24, 2.45) is 5.73 Å². The van der Waals surface area contributed by atoms with Gasteiger partial charge in [0.05, 0.1) is 12.3 Å². The normalized spacial score (nSPS) is 10.5. The molecule has 0 unspecified atom stereocenters. The lowest BCUT2D eigenvalue weighted by molar-refractivity contribution is 0.317. The zero-order valence-corrected chi connectivity index (χ0v) is 10.7. The van der Waals surface area contributed by atoms with Gasteiger partial charge in [0.2, 0.25) is 0 Å². The SMILES string of the molecule is CCCOc1ccc(-c2csc(CN)n2)cc1. The van der Waals surface area contributed by atoms with Crippen LogP contribution in [0.4, 0.5) is 0 Å². The lowest BCUT2D eigenvalue weighted by atomic mass is 10.2. The van der Waals surface area contributed by atoms with Crippen LogP contribution in [0.15, 0.2) is 29.6 Å². The Morgan fingerprint density at radius 2 is 2.06 bits per heavy atom. The Morgan fingerprint density at radius 3 is 2.65 bits per heavy atom. The maximum Gasteiger partial charge on any atom is 0.119 e. The summed E-state index contributed by atoms with van der Waals surface area (Å²) in [7, 11) is 0. The minimum absolute atomic E-state index is 0.502. The Bertz CT molecular complexity index is 465. The first-order chi connectivity index (χ1) is 8.33. The maximum atomic E-state index is 5.55. The Kier molecular flexibility index (Phi) is 4.12. The van der Waals surface area contributed by atoms with E-state index < -0.39 is 0 Å². The van der Waals surface area contributed by atoms with E-state index in [-0.39, 0.29) is 0 Å². The molecule has 1 aromatic heterocycles. The van der Waals surface area contributed by atoms with Crippen molar-refractivity contribution in [2.45, 2.75) is 19.9 Å². The third-order valence-electron chi connectivity index (χ3n) is 2.35. The summed E-state index contributed by atoms with van der Waals surface area (Å²) < 4.78 is 5.53. The molecule has 0 saturated carbocycles. The van der Waals surface area contributed by atoms with Gasteiger partial charge >= 0.3 is 0 Å². The number of aromatic nitrogens is 1. The van der Waals surface area contributed by atoms with Crippen molar-refractivity contribution < 1.29 is 4.74 Å². The second-order valence-corrected chi connectivity index (χ2v) is 4.65. The van der Waals surface area contributed by atoms with E-state index in [0.29, 0.717) is 6.54 Å². The Balaban J connectivity index is 2.11. The van der Waals surface area contributed by atoms with E-state index in [9.17, 15) is 0 Å². The van der Waals surface area contributed by atoms with Crippen LogP contribution in [0.1, 0.15) is 18.4 Å². The summed E-state index contributed by atoms with van der Waals surface area (Å²) in [6.07, 6.45) is 1.02. The summed E-state index contributed by atoms with van der Waals surface area (Å²) in [5.41, 5.74) is 7.63. The Labute approximate surface area is 105 Å². The molecule has 3 nitrogen and oxygen atoms in total. The highest BCUT2D eigenvalue weighted by Gasteiger charge is 2.03. The molecule has 0 aliphatic carbocycles. The first kappa shape index (κ1) is 12.1. The summed E-state index contributed by atoms with van der Waals surface area (Å²) in [4.78, 5) is 4.44. The summed E-state index contributed by atoms with van der Waals surface area (Å²) in [6.45, 7) is 3.35. The summed E-state index contributed by atoms with van der Waals surface area (Å²) in [5, 5.41) is 3.00. The second kappa shape index (κ2) is 5.80. The molecule has 1 aromatic carbocycles. The van der Waals surface area contributed by atoms with Gasteiger partial charge < -0.3 is 10.5 Å². The molecule has 2 rings (SSSR count). The van der Waals surface area contributed by atoms with Gasteiger partial charge in [-0.2, -0.15) is 0 Å². The van der Waals surface area contributed by atoms with Crippen LogP contribution in [-0.4, -0.2) is 11.6 Å². The Hall–Kier alpha value is -1.39. The molecule has 1 heterocycles. The van der Waals surface area contributed by atoms with Gasteiger partial charge in [-0.15, -0.1) is 11.3 Å². The summed E-state index contributed by atoms with van der Waals surface area (Å²) >= 11 is 1.60. The molecule has 0 saturated heterocycles. The number of nitrogens with zero attached hydrogens (tertiary/aromatic N) is 1. The minimum atomic E-state index is 0.502. The summed E-state index contributed by atoms with van der Waals surface area (Å²) in [5.74, 6) is 0.907. The largest absolute Gasteiger partial charge is 0.494 e. The average Bonchev–Trinajstić information content (AvgIpc) is 2.86. The van der Waals surface area contributed by atoms with Crippen LogP contribution in [0.25, 0.3) is 11.3 Å². The molecule has 2 N–H and O–H groups in total. The molecule has 0 amide bonds. The second-order valence-electron chi connectivity index (χ2n) is 3.70. The first-order valence-corrected chi connectivity index (χ1v) is 6.59. The van der Waals surface area contributed by atoms with Gasteiger partial charge in [0, 0.05) is 17.5 Å². The number of nitrogens with two attached hydrogens (primary N) is 1.